The molecule has 1 atom stereocenters. The molecule has 0 spiro atoms. The third kappa shape index (κ3) is 5.26. The largest absolute Gasteiger partial charge is 0.494 e. The lowest BCUT2D eigenvalue weighted by Gasteiger charge is -2.37. The molecule has 2 aliphatic heterocycles. The molecule has 178 valence electrons. The van der Waals surface area contributed by atoms with Gasteiger partial charge in [0.05, 0.1) is 22.7 Å². The van der Waals surface area contributed by atoms with E-state index in [1.165, 1.54) is 6.42 Å². The molecule has 0 aromatic heterocycles. The number of amides is 1. The number of halogens is 2. The van der Waals surface area contributed by atoms with Crippen LogP contribution in [-0.2, 0) is 10.8 Å². The van der Waals surface area contributed by atoms with Crippen molar-refractivity contribution in [3.05, 3.63) is 45.9 Å². The number of hydrogen-bond acceptors (Lipinski definition) is 5. The highest BCUT2D eigenvalue weighted by atomic mass is 35.5. The number of carbonyl (C=O) groups is 1. The normalized spacial score (nSPS) is 17.8. The average molecular weight is 510 g/mol. The first-order chi connectivity index (χ1) is 15.9. The van der Waals surface area contributed by atoms with Gasteiger partial charge in [-0.2, -0.15) is 0 Å². The smallest absolute Gasteiger partial charge is 0.256 e. The number of nitrogens with zero attached hydrogens (tertiary/aromatic N) is 3. The molecule has 0 aliphatic carbocycles. The zero-order valence-electron chi connectivity index (χ0n) is 19.0. The fourth-order valence-electron chi connectivity index (χ4n) is 4.54. The first-order valence-electron chi connectivity index (χ1n) is 11.2. The van der Waals surface area contributed by atoms with Crippen molar-refractivity contribution < 1.29 is 13.7 Å². The van der Waals surface area contributed by atoms with Crippen molar-refractivity contribution in [3.63, 3.8) is 0 Å². The summed E-state index contributed by atoms with van der Waals surface area (Å²) in [5, 5.41) is 0.933. The molecule has 2 fully saturated rings. The third-order valence-corrected chi connectivity index (χ3v) is 7.83. The molecular formula is C24H29Cl2N3O3S. The Morgan fingerprint density at radius 3 is 2.12 bits per heavy atom. The monoisotopic (exact) mass is 509 g/mol. The number of benzene rings is 2. The lowest BCUT2D eigenvalue weighted by atomic mass is 10.1. The Morgan fingerprint density at radius 2 is 1.55 bits per heavy atom. The Bertz CT molecular complexity index is 1030. The summed E-state index contributed by atoms with van der Waals surface area (Å²) in [6, 6.07) is 9.35. The number of piperazine rings is 1. The molecule has 2 saturated heterocycles. The van der Waals surface area contributed by atoms with E-state index in [0.717, 1.165) is 37.3 Å². The van der Waals surface area contributed by atoms with E-state index in [1.54, 1.807) is 13.4 Å². The van der Waals surface area contributed by atoms with Crippen molar-refractivity contribution in [1.29, 1.82) is 0 Å². The molecule has 1 amide bonds. The predicted molar refractivity (Wildman–Crippen MR) is 136 cm³/mol. The first kappa shape index (κ1) is 24.2. The van der Waals surface area contributed by atoms with Crippen molar-refractivity contribution >= 4 is 51.3 Å². The lowest BCUT2D eigenvalue weighted by Crippen LogP contribution is -2.49. The molecule has 0 radical (unpaired) electrons. The number of ether oxygens (including phenoxy) is 1. The molecule has 0 saturated carbocycles. The standard InChI is InChI=1S/C24H29Cl2N3O3S/c1-32-23-20(25)14-17(15-21(23)26)27-10-12-29(13-11-27)24(30)19-16-18(33(2)31)6-7-22(19)28-8-4-3-5-9-28/h6-7,14-16H,3-5,8-13H2,1-2H3. The molecule has 0 bridgehead atoms. The molecule has 2 aliphatic rings. The SMILES string of the molecule is COc1c(Cl)cc(N2CCN(C(=O)c3cc(S(C)=O)ccc3N3CCCCC3)CC2)cc1Cl. The number of piperidine rings is 1. The molecule has 6 nitrogen and oxygen atoms in total. The number of anilines is 2. The van der Waals surface area contributed by atoms with E-state index < -0.39 is 10.8 Å². The van der Waals surface area contributed by atoms with Crippen molar-refractivity contribution in [1.82, 2.24) is 4.90 Å². The number of methoxy groups -OCH3 is 1. The molecule has 9 heteroatoms. The summed E-state index contributed by atoms with van der Waals surface area (Å²) in [7, 11) is 0.395. The minimum Gasteiger partial charge on any atom is -0.494 e. The summed E-state index contributed by atoms with van der Waals surface area (Å²) >= 11 is 12.6. The lowest BCUT2D eigenvalue weighted by molar-refractivity contribution is 0.0747. The van der Waals surface area contributed by atoms with Gasteiger partial charge in [0, 0.05) is 72.6 Å². The first-order valence-corrected chi connectivity index (χ1v) is 13.5. The maximum absolute atomic E-state index is 13.6. The summed E-state index contributed by atoms with van der Waals surface area (Å²) in [5.41, 5.74) is 2.51. The summed E-state index contributed by atoms with van der Waals surface area (Å²) in [4.78, 5) is 20.6. The Kier molecular flexibility index (Phi) is 7.72. The topological polar surface area (TPSA) is 53.1 Å². The highest BCUT2D eigenvalue weighted by Crippen LogP contribution is 2.37. The van der Waals surface area contributed by atoms with Crippen LogP contribution in [0.1, 0.15) is 29.6 Å². The predicted octanol–water partition coefficient (Wildman–Crippen LogP) is 4.69. The summed E-state index contributed by atoms with van der Waals surface area (Å²) in [5.74, 6) is 0.461. The van der Waals surface area contributed by atoms with Gasteiger partial charge in [-0.3, -0.25) is 9.00 Å². The highest BCUT2D eigenvalue weighted by Gasteiger charge is 2.27. The molecule has 2 aromatic rings. The van der Waals surface area contributed by atoms with Crippen LogP contribution < -0.4 is 14.5 Å². The summed E-state index contributed by atoms with van der Waals surface area (Å²) < 4.78 is 17.4. The van der Waals surface area contributed by atoms with Crippen molar-refractivity contribution in [3.8, 4) is 5.75 Å². The van der Waals surface area contributed by atoms with E-state index in [9.17, 15) is 9.00 Å². The maximum atomic E-state index is 13.6. The highest BCUT2D eigenvalue weighted by molar-refractivity contribution is 7.84. The van der Waals surface area contributed by atoms with Gasteiger partial charge in [-0.25, -0.2) is 0 Å². The fraction of sp³-hybridized carbons (Fsp3) is 0.458. The molecule has 2 aromatic carbocycles. The second kappa shape index (κ2) is 10.5. The van der Waals surface area contributed by atoms with Crippen LogP contribution in [0.5, 0.6) is 5.75 Å². The van der Waals surface area contributed by atoms with E-state index >= 15 is 0 Å². The van der Waals surface area contributed by atoms with Crippen LogP contribution in [0.4, 0.5) is 11.4 Å². The molecule has 0 N–H and O–H groups in total. The zero-order valence-corrected chi connectivity index (χ0v) is 21.3. The van der Waals surface area contributed by atoms with Crippen molar-refractivity contribution in [2.24, 2.45) is 0 Å². The second-order valence-corrected chi connectivity index (χ2v) is 10.6. The van der Waals surface area contributed by atoms with Gasteiger partial charge in [0.2, 0.25) is 0 Å². The zero-order chi connectivity index (χ0) is 23.5. The average Bonchev–Trinajstić information content (AvgIpc) is 2.83. The van der Waals surface area contributed by atoms with Gasteiger partial charge in [0.15, 0.2) is 5.75 Å². The Balaban J connectivity index is 1.52. The maximum Gasteiger partial charge on any atom is 0.256 e. The van der Waals surface area contributed by atoms with Gasteiger partial charge in [-0.15, -0.1) is 0 Å². The van der Waals surface area contributed by atoms with Crippen molar-refractivity contribution in [2.75, 3.05) is 62.4 Å². The van der Waals surface area contributed by atoms with Crippen LogP contribution in [-0.4, -0.2) is 67.7 Å². The second-order valence-electron chi connectivity index (χ2n) is 8.40. The molecule has 2 heterocycles. The van der Waals surface area contributed by atoms with Gasteiger partial charge in [0.25, 0.3) is 5.91 Å². The number of rotatable bonds is 5. The Hall–Kier alpha value is -1.96. The van der Waals surface area contributed by atoms with Crippen molar-refractivity contribution in [2.45, 2.75) is 24.2 Å². The van der Waals surface area contributed by atoms with E-state index in [1.807, 2.05) is 35.2 Å². The third-order valence-electron chi connectivity index (χ3n) is 6.35. The van der Waals surface area contributed by atoms with E-state index in [4.69, 9.17) is 27.9 Å². The van der Waals surface area contributed by atoms with E-state index in [0.29, 0.717) is 52.4 Å². The van der Waals surface area contributed by atoms with Crippen LogP contribution in [0.25, 0.3) is 0 Å². The minimum absolute atomic E-state index is 0.00619. The van der Waals surface area contributed by atoms with Gasteiger partial charge in [0.1, 0.15) is 0 Å². The van der Waals surface area contributed by atoms with Crippen LogP contribution in [0.3, 0.4) is 0 Å². The fourth-order valence-corrected chi connectivity index (χ4v) is 5.71. The van der Waals surface area contributed by atoms with Gasteiger partial charge >= 0.3 is 0 Å². The summed E-state index contributed by atoms with van der Waals surface area (Å²) in [6.45, 7) is 4.40. The van der Waals surface area contributed by atoms with Gasteiger partial charge < -0.3 is 19.4 Å². The van der Waals surface area contributed by atoms with E-state index in [-0.39, 0.29) is 5.91 Å². The van der Waals surface area contributed by atoms with Gasteiger partial charge in [-0.05, 0) is 49.6 Å². The molecule has 4 rings (SSSR count). The molecule has 33 heavy (non-hydrogen) atoms. The Labute approximate surface area is 207 Å². The van der Waals surface area contributed by atoms with Crippen LogP contribution in [0, 0.1) is 0 Å². The number of hydrogen-bond donors (Lipinski definition) is 0. The van der Waals surface area contributed by atoms with Crippen LogP contribution >= 0.6 is 23.2 Å². The van der Waals surface area contributed by atoms with Crippen LogP contribution in [0.15, 0.2) is 35.2 Å². The quantitative estimate of drug-likeness (QED) is 0.584. The summed E-state index contributed by atoms with van der Waals surface area (Å²) in [6.07, 6.45) is 5.12. The minimum atomic E-state index is -1.14. The van der Waals surface area contributed by atoms with Crippen LogP contribution in [0.2, 0.25) is 10.0 Å². The van der Waals surface area contributed by atoms with E-state index in [2.05, 4.69) is 9.80 Å². The molecule has 1 unspecified atom stereocenters. The molecular weight excluding hydrogens is 481 g/mol. The van der Waals surface area contributed by atoms with Gasteiger partial charge in [-0.1, -0.05) is 23.2 Å². The number of carbonyl (C=O) groups excluding carboxylic acids is 1. The Morgan fingerprint density at radius 1 is 0.909 bits per heavy atom.